The van der Waals surface area contributed by atoms with Crippen molar-refractivity contribution in [3.63, 3.8) is 0 Å². The molecule has 152 valence electrons. The first-order valence-corrected chi connectivity index (χ1v) is 10.1. The third-order valence-corrected chi connectivity index (χ3v) is 5.26. The minimum absolute atomic E-state index is 0.111. The predicted octanol–water partition coefficient (Wildman–Crippen LogP) is 2.14. The van der Waals surface area contributed by atoms with Crippen LogP contribution in [0.3, 0.4) is 0 Å². The van der Waals surface area contributed by atoms with Gasteiger partial charge in [-0.25, -0.2) is 0 Å². The maximum Gasteiger partial charge on any atom is 0.161 e. The molecule has 6 heteroatoms. The topological polar surface area (TPSA) is 54.4 Å². The molecule has 6 nitrogen and oxygen atoms in total. The summed E-state index contributed by atoms with van der Waals surface area (Å²) >= 11 is 0. The molecule has 0 spiro atoms. The molecule has 0 bridgehead atoms. The van der Waals surface area contributed by atoms with E-state index in [9.17, 15) is 5.11 Å². The maximum atomic E-state index is 10.2. The van der Waals surface area contributed by atoms with E-state index in [2.05, 4.69) is 15.9 Å². The molecule has 0 saturated carbocycles. The Morgan fingerprint density at radius 3 is 2.59 bits per heavy atom. The van der Waals surface area contributed by atoms with Crippen LogP contribution in [-0.4, -0.2) is 79.7 Å². The van der Waals surface area contributed by atoms with Gasteiger partial charge in [0.15, 0.2) is 11.5 Å². The van der Waals surface area contributed by atoms with E-state index in [1.54, 1.807) is 7.11 Å². The second-order valence-corrected chi connectivity index (χ2v) is 7.87. The molecule has 2 aliphatic rings. The second-order valence-electron chi connectivity index (χ2n) is 7.87. The van der Waals surface area contributed by atoms with Gasteiger partial charge in [0.25, 0.3) is 0 Å². The number of aliphatic hydroxyl groups excluding tert-OH is 1. The normalized spacial score (nSPS) is 24.0. The van der Waals surface area contributed by atoms with E-state index in [0.717, 1.165) is 36.7 Å². The molecule has 0 amide bonds. The van der Waals surface area contributed by atoms with Gasteiger partial charge in [-0.1, -0.05) is 6.07 Å². The highest BCUT2D eigenvalue weighted by molar-refractivity contribution is 5.43. The van der Waals surface area contributed by atoms with Crippen LogP contribution in [0.2, 0.25) is 0 Å². The summed E-state index contributed by atoms with van der Waals surface area (Å²) in [6.45, 7) is 10.2. The van der Waals surface area contributed by atoms with Gasteiger partial charge in [-0.05, 0) is 57.5 Å². The highest BCUT2D eigenvalue weighted by Crippen LogP contribution is 2.29. The molecular weight excluding hydrogens is 344 g/mol. The van der Waals surface area contributed by atoms with Gasteiger partial charge in [0.1, 0.15) is 6.61 Å². The number of ether oxygens (including phenoxy) is 3. The van der Waals surface area contributed by atoms with Crippen molar-refractivity contribution in [1.29, 1.82) is 0 Å². The van der Waals surface area contributed by atoms with E-state index < -0.39 is 6.10 Å². The Morgan fingerprint density at radius 2 is 1.89 bits per heavy atom. The molecule has 0 aliphatic carbocycles. The van der Waals surface area contributed by atoms with Crippen LogP contribution in [0.5, 0.6) is 11.5 Å². The zero-order chi connectivity index (χ0) is 19.2. The van der Waals surface area contributed by atoms with Gasteiger partial charge in [0.2, 0.25) is 0 Å². The first-order valence-electron chi connectivity index (χ1n) is 10.1. The van der Waals surface area contributed by atoms with E-state index in [1.165, 1.54) is 25.9 Å². The fourth-order valence-electron chi connectivity index (χ4n) is 3.92. The number of rotatable bonds is 9. The Hall–Kier alpha value is -1.34. The Morgan fingerprint density at radius 1 is 1.11 bits per heavy atom. The second kappa shape index (κ2) is 9.73. The van der Waals surface area contributed by atoms with Crippen LogP contribution in [0, 0.1) is 0 Å². The minimum Gasteiger partial charge on any atom is -0.493 e. The molecule has 3 rings (SSSR count). The molecule has 2 aliphatic heterocycles. The first kappa shape index (κ1) is 20.4. The number of likely N-dealkylation sites (tertiary alicyclic amines) is 2. The van der Waals surface area contributed by atoms with E-state index in [4.69, 9.17) is 14.2 Å². The van der Waals surface area contributed by atoms with E-state index in [1.807, 2.05) is 26.0 Å². The van der Waals surface area contributed by atoms with Crippen molar-refractivity contribution in [2.24, 2.45) is 0 Å². The van der Waals surface area contributed by atoms with Crippen LogP contribution in [-0.2, 0) is 11.3 Å². The number of methoxy groups -OCH3 is 1. The van der Waals surface area contributed by atoms with Gasteiger partial charge in [-0.15, -0.1) is 0 Å². The van der Waals surface area contributed by atoms with Crippen LogP contribution in [0.25, 0.3) is 0 Å². The summed E-state index contributed by atoms with van der Waals surface area (Å²) in [5.41, 5.74) is 1.15. The number of hydrogen-bond donors (Lipinski definition) is 1. The van der Waals surface area contributed by atoms with Gasteiger partial charge in [-0.2, -0.15) is 0 Å². The van der Waals surface area contributed by atoms with Gasteiger partial charge >= 0.3 is 0 Å². The van der Waals surface area contributed by atoms with Crippen LogP contribution in [0.4, 0.5) is 0 Å². The van der Waals surface area contributed by atoms with Gasteiger partial charge < -0.3 is 19.3 Å². The predicted molar refractivity (Wildman–Crippen MR) is 105 cm³/mol. The highest BCUT2D eigenvalue weighted by atomic mass is 16.5. The van der Waals surface area contributed by atoms with Crippen LogP contribution in [0.15, 0.2) is 18.2 Å². The summed E-state index contributed by atoms with van der Waals surface area (Å²) in [6, 6.07) is 6.11. The average Bonchev–Trinajstić information content (AvgIpc) is 3.26. The fourth-order valence-corrected chi connectivity index (χ4v) is 3.92. The lowest BCUT2D eigenvalue weighted by molar-refractivity contribution is -0.0396. The van der Waals surface area contributed by atoms with Crippen molar-refractivity contribution >= 4 is 0 Å². The van der Waals surface area contributed by atoms with Crippen molar-refractivity contribution in [3.05, 3.63) is 23.8 Å². The molecule has 1 aromatic carbocycles. The lowest BCUT2D eigenvalue weighted by Crippen LogP contribution is -2.29. The number of β-amino-alcohol motifs (C(OH)–C–C–N with tert-alkyl or cyclic N) is 1. The molecule has 0 unspecified atom stereocenters. The molecule has 1 aromatic rings. The first-order chi connectivity index (χ1) is 13.0. The minimum atomic E-state index is -0.428. The third-order valence-electron chi connectivity index (χ3n) is 5.26. The lowest BCUT2D eigenvalue weighted by Gasteiger charge is -2.19. The van der Waals surface area contributed by atoms with E-state index in [0.29, 0.717) is 13.2 Å². The summed E-state index contributed by atoms with van der Waals surface area (Å²) in [6.07, 6.45) is 2.18. The summed E-state index contributed by atoms with van der Waals surface area (Å²) in [4.78, 5) is 4.66. The molecule has 27 heavy (non-hydrogen) atoms. The van der Waals surface area contributed by atoms with Crippen molar-refractivity contribution in [1.82, 2.24) is 9.80 Å². The van der Waals surface area contributed by atoms with Crippen LogP contribution >= 0.6 is 0 Å². The van der Waals surface area contributed by atoms with Crippen molar-refractivity contribution < 1.29 is 19.3 Å². The highest BCUT2D eigenvalue weighted by Gasteiger charge is 2.32. The third kappa shape index (κ3) is 5.82. The van der Waals surface area contributed by atoms with Gasteiger partial charge in [0, 0.05) is 26.2 Å². The van der Waals surface area contributed by atoms with E-state index >= 15 is 0 Å². The van der Waals surface area contributed by atoms with Gasteiger partial charge in [0.05, 0.1) is 25.4 Å². The van der Waals surface area contributed by atoms with Crippen molar-refractivity contribution in [2.45, 2.75) is 51.5 Å². The summed E-state index contributed by atoms with van der Waals surface area (Å²) in [5.74, 6) is 1.56. The molecule has 2 heterocycles. The molecule has 1 N–H and O–H groups in total. The van der Waals surface area contributed by atoms with Crippen molar-refractivity contribution in [3.8, 4) is 11.5 Å². The summed E-state index contributed by atoms with van der Waals surface area (Å²) < 4.78 is 17.3. The Balaban J connectivity index is 1.52. The van der Waals surface area contributed by atoms with E-state index in [-0.39, 0.29) is 12.2 Å². The fraction of sp³-hybridized carbons (Fsp3) is 0.714. The quantitative estimate of drug-likeness (QED) is 0.711. The summed E-state index contributed by atoms with van der Waals surface area (Å²) in [7, 11) is 1.68. The maximum absolute atomic E-state index is 10.2. The molecular formula is C21H34N2O4. The molecule has 2 saturated heterocycles. The molecule has 0 radical (unpaired) electrons. The summed E-state index contributed by atoms with van der Waals surface area (Å²) in [5, 5.41) is 10.2. The molecule has 2 atom stereocenters. The Labute approximate surface area is 163 Å². The molecule has 0 aromatic heterocycles. The van der Waals surface area contributed by atoms with Crippen LogP contribution < -0.4 is 9.47 Å². The lowest BCUT2D eigenvalue weighted by atomic mass is 10.2. The number of nitrogens with zero attached hydrogens (tertiary/aromatic N) is 2. The average molecular weight is 379 g/mol. The Kier molecular flexibility index (Phi) is 7.35. The van der Waals surface area contributed by atoms with Crippen molar-refractivity contribution in [2.75, 3.05) is 46.4 Å². The number of hydrogen-bond acceptors (Lipinski definition) is 6. The van der Waals surface area contributed by atoms with Crippen LogP contribution in [0.1, 0.15) is 32.3 Å². The zero-order valence-corrected chi connectivity index (χ0v) is 16.9. The molecule has 2 fully saturated rings. The number of benzene rings is 1. The monoisotopic (exact) mass is 378 g/mol. The standard InChI is InChI=1S/C21H34N2O4/c1-16(2)27-21-15-23(14-18(21)24)13-17-6-7-19(20(12-17)25-3)26-11-10-22-8-4-5-9-22/h6-7,12,16,18,21,24H,4-5,8-11,13-15H2,1-3H3/t18-,21-/m1/s1. The smallest absolute Gasteiger partial charge is 0.161 e. The number of aliphatic hydroxyl groups is 1. The zero-order valence-electron chi connectivity index (χ0n) is 16.9. The largest absolute Gasteiger partial charge is 0.493 e. The SMILES string of the molecule is COc1cc(CN2C[C@@H](O)[C@H](OC(C)C)C2)ccc1OCCN1CCCC1. The Bertz CT molecular complexity index is 590. The van der Waals surface area contributed by atoms with Gasteiger partial charge in [-0.3, -0.25) is 9.80 Å².